The number of thiazole rings is 1. The summed E-state index contributed by atoms with van der Waals surface area (Å²) in [7, 11) is 0. The molecule has 2 amide bonds. The summed E-state index contributed by atoms with van der Waals surface area (Å²) in [5.74, 6) is -0.867. The summed E-state index contributed by atoms with van der Waals surface area (Å²) >= 11 is 1.57. The Hall–Kier alpha value is -3.14. The van der Waals surface area contributed by atoms with Crippen LogP contribution < -0.4 is 10.6 Å². The molecule has 0 spiro atoms. The Morgan fingerprint density at radius 3 is 2.74 bits per heavy atom. The fourth-order valence-electron chi connectivity index (χ4n) is 5.46. The van der Waals surface area contributed by atoms with E-state index < -0.39 is 12.1 Å². The number of halogens is 1. The number of nitrogens with zero attached hydrogens (tertiary/aromatic N) is 2. The average molecular weight is 537 g/mol. The molecule has 0 saturated carbocycles. The second-order valence-electron chi connectivity index (χ2n) is 10.2. The van der Waals surface area contributed by atoms with E-state index in [9.17, 15) is 19.1 Å². The van der Waals surface area contributed by atoms with Gasteiger partial charge in [-0.1, -0.05) is 18.2 Å². The van der Waals surface area contributed by atoms with Gasteiger partial charge in [0.15, 0.2) is 0 Å². The SMILES string of the molecule is Cc1csc([C@H]2CCCN2C(=O)c2cccc(C(=O)N[C@H](Cc3cccc(F)c3)[C@H](O)[C@@H]3CCCN3)c2)n1. The summed E-state index contributed by atoms with van der Waals surface area (Å²) in [6, 6.07) is 12.1. The van der Waals surface area contributed by atoms with Gasteiger partial charge in [-0.15, -0.1) is 11.3 Å². The third-order valence-electron chi connectivity index (χ3n) is 7.39. The molecule has 1 aromatic heterocycles. The van der Waals surface area contributed by atoms with Crippen LogP contribution in [-0.2, 0) is 6.42 Å². The van der Waals surface area contributed by atoms with Crippen molar-refractivity contribution in [2.45, 2.75) is 63.3 Å². The van der Waals surface area contributed by atoms with Crippen LogP contribution in [0.1, 0.15) is 68.7 Å². The van der Waals surface area contributed by atoms with E-state index in [0.29, 0.717) is 23.2 Å². The van der Waals surface area contributed by atoms with Gasteiger partial charge in [0, 0.05) is 34.8 Å². The minimum Gasteiger partial charge on any atom is -0.389 e. The first-order valence-electron chi connectivity index (χ1n) is 13.2. The standard InChI is InChI=1S/C29H33FN4O3S/c1-18-17-38-28(32-18)25-11-5-13-34(25)29(37)21-8-3-7-20(16-21)27(36)33-24(26(35)23-10-4-12-31-23)15-19-6-2-9-22(30)14-19/h2-3,6-9,14,16-17,23-26,31,35H,4-5,10-13,15H2,1H3,(H,33,36)/t23-,24+,25+,26+/m0/s1. The average Bonchev–Trinajstić information content (AvgIpc) is 3.69. The van der Waals surface area contributed by atoms with E-state index in [2.05, 4.69) is 15.6 Å². The monoisotopic (exact) mass is 536 g/mol. The number of benzene rings is 2. The van der Waals surface area contributed by atoms with Gasteiger partial charge in [-0.2, -0.15) is 0 Å². The Balaban J connectivity index is 1.33. The van der Waals surface area contributed by atoms with E-state index in [4.69, 9.17) is 0 Å². The van der Waals surface area contributed by atoms with Crippen molar-refractivity contribution in [1.29, 1.82) is 0 Å². The molecular weight excluding hydrogens is 503 g/mol. The number of carbonyl (C=O) groups excluding carboxylic acids is 2. The maximum Gasteiger partial charge on any atom is 0.254 e. The lowest BCUT2D eigenvalue weighted by atomic mass is 9.95. The molecular formula is C29H33FN4O3S. The number of aryl methyl sites for hydroxylation is 1. The number of hydrogen-bond donors (Lipinski definition) is 3. The summed E-state index contributed by atoms with van der Waals surface area (Å²) in [4.78, 5) is 33.3. The summed E-state index contributed by atoms with van der Waals surface area (Å²) < 4.78 is 13.8. The molecule has 2 saturated heterocycles. The van der Waals surface area contributed by atoms with Gasteiger partial charge >= 0.3 is 0 Å². The molecule has 0 aliphatic carbocycles. The molecule has 3 N–H and O–H groups in total. The van der Waals surface area contributed by atoms with Gasteiger partial charge in [0.05, 0.1) is 18.2 Å². The Kier molecular flexibility index (Phi) is 8.16. The molecule has 9 heteroatoms. The molecule has 2 aliphatic rings. The molecule has 38 heavy (non-hydrogen) atoms. The van der Waals surface area contributed by atoms with Crippen molar-refractivity contribution in [3.05, 3.63) is 87.1 Å². The fourth-order valence-corrected chi connectivity index (χ4v) is 6.40. The van der Waals surface area contributed by atoms with E-state index in [1.54, 1.807) is 47.7 Å². The van der Waals surface area contributed by atoms with Gasteiger partial charge in [-0.05, 0) is 81.5 Å². The number of aliphatic hydroxyl groups excluding tert-OH is 1. The molecule has 0 radical (unpaired) electrons. The fraction of sp³-hybridized carbons (Fsp3) is 0.414. The number of aliphatic hydroxyl groups is 1. The van der Waals surface area contributed by atoms with Crippen LogP contribution in [0.15, 0.2) is 53.9 Å². The number of amides is 2. The summed E-state index contributed by atoms with van der Waals surface area (Å²) in [6.45, 7) is 3.41. The smallest absolute Gasteiger partial charge is 0.254 e. The molecule has 0 unspecified atom stereocenters. The van der Waals surface area contributed by atoms with Crippen molar-refractivity contribution in [3.8, 4) is 0 Å². The third kappa shape index (κ3) is 5.95. The lowest BCUT2D eigenvalue weighted by Crippen LogP contribution is -2.52. The van der Waals surface area contributed by atoms with E-state index in [1.807, 2.05) is 17.2 Å². The normalized spacial score (nSPS) is 20.9. The van der Waals surface area contributed by atoms with Gasteiger partial charge in [-0.3, -0.25) is 9.59 Å². The highest BCUT2D eigenvalue weighted by Gasteiger charge is 2.34. The van der Waals surface area contributed by atoms with Crippen LogP contribution in [0.2, 0.25) is 0 Å². The highest BCUT2D eigenvalue weighted by Crippen LogP contribution is 2.34. The Bertz CT molecular complexity index is 1290. The third-order valence-corrected chi connectivity index (χ3v) is 8.46. The summed E-state index contributed by atoms with van der Waals surface area (Å²) in [5.41, 5.74) is 2.42. The number of likely N-dealkylation sites (tertiary alicyclic amines) is 1. The molecule has 7 nitrogen and oxygen atoms in total. The Labute approximate surface area is 226 Å². The zero-order valence-electron chi connectivity index (χ0n) is 21.4. The highest BCUT2D eigenvalue weighted by molar-refractivity contribution is 7.09. The van der Waals surface area contributed by atoms with Crippen LogP contribution in [-0.4, -0.2) is 58.1 Å². The second-order valence-corrected chi connectivity index (χ2v) is 11.1. The molecule has 4 atom stereocenters. The highest BCUT2D eigenvalue weighted by atomic mass is 32.1. The number of hydrogen-bond acceptors (Lipinski definition) is 6. The van der Waals surface area contributed by atoms with Gasteiger partial charge in [0.25, 0.3) is 11.8 Å². The van der Waals surface area contributed by atoms with Crippen LogP contribution in [0.5, 0.6) is 0 Å². The Morgan fingerprint density at radius 2 is 2.00 bits per heavy atom. The first-order chi connectivity index (χ1) is 18.4. The molecule has 3 heterocycles. The van der Waals surface area contributed by atoms with Crippen molar-refractivity contribution in [2.75, 3.05) is 13.1 Å². The summed E-state index contributed by atoms with van der Waals surface area (Å²) in [6.07, 6.45) is 2.96. The maximum atomic E-state index is 13.8. The lowest BCUT2D eigenvalue weighted by molar-refractivity contribution is 0.0733. The van der Waals surface area contributed by atoms with Crippen molar-refractivity contribution >= 4 is 23.2 Å². The van der Waals surface area contributed by atoms with E-state index in [-0.39, 0.29) is 36.1 Å². The molecule has 2 aliphatic heterocycles. The number of aromatic nitrogens is 1. The van der Waals surface area contributed by atoms with E-state index in [0.717, 1.165) is 42.9 Å². The summed E-state index contributed by atoms with van der Waals surface area (Å²) in [5, 5.41) is 20.3. The minimum atomic E-state index is -0.846. The van der Waals surface area contributed by atoms with Crippen LogP contribution in [0.25, 0.3) is 0 Å². The van der Waals surface area contributed by atoms with Gasteiger partial charge in [0.1, 0.15) is 10.8 Å². The molecule has 3 aromatic rings. The number of carbonyl (C=O) groups is 2. The molecule has 0 bridgehead atoms. The first kappa shape index (κ1) is 26.5. The quantitative estimate of drug-likeness (QED) is 0.404. The number of nitrogens with one attached hydrogen (secondary N) is 2. The van der Waals surface area contributed by atoms with Gasteiger partial charge in [0.2, 0.25) is 0 Å². The molecule has 2 fully saturated rings. The molecule has 200 valence electrons. The predicted octanol–water partition coefficient (Wildman–Crippen LogP) is 4.02. The maximum absolute atomic E-state index is 13.8. The van der Waals surface area contributed by atoms with Crippen LogP contribution in [0.4, 0.5) is 4.39 Å². The predicted molar refractivity (Wildman–Crippen MR) is 145 cm³/mol. The van der Waals surface area contributed by atoms with Crippen LogP contribution in [0.3, 0.4) is 0 Å². The minimum absolute atomic E-state index is 0.0524. The first-order valence-corrected chi connectivity index (χ1v) is 14.1. The van der Waals surface area contributed by atoms with E-state index >= 15 is 0 Å². The van der Waals surface area contributed by atoms with Crippen LogP contribution >= 0.6 is 11.3 Å². The number of rotatable bonds is 8. The molecule has 2 aromatic carbocycles. The Morgan fingerprint density at radius 1 is 1.18 bits per heavy atom. The largest absolute Gasteiger partial charge is 0.389 e. The second kappa shape index (κ2) is 11.7. The zero-order valence-corrected chi connectivity index (χ0v) is 22.2. The zero-order chi connectivity index (χ0) is 26.6. The van der Waals surface area contributed by atoms with Crippen molar-refractivity contribution in [3.63, 3.8) is 0 Å². The lowest BCUT2D eigenvalue weighted by Gasteiger charge is -2.29. The molecule has 5 rings (SSSR count). The van der Waals surface area contributed by atoms with Crippen molar-refractivity contribution in [2.24, 2.45) is 0 Å². The van der Waals surface area contributed by atoms with Gasteiger partial charge < -0.3 is 20.6 Å². The van der Waals surface area contributed by atoms with E-state index in [1.165, 1.54) is 12.1 Å². The van der Waals surface area contributed by atoms with Crippen molar-refractivity contribution in [1.82, 2.24) is 20.5 Å². The van der Waals surface area contributed by atoms with Crippen molar-refractivity contribution < 1.29 is 19.1 Å². The van der Waals surface area contributed by atoms with Crippen LogP contribution in [0, 0.1) is 12.7 Å². The topological polar surface area (TPSA) is 94.6 Å². The van der Waals surface area contributed by atoms with Gasteiger partial charge in [-0.25, -0.2) is 9.37 Å².